The first-order valence-electron chi connectivity index (χ1n) is 7.48. The Kier molecular flexibility index (Phi) is 4.61. The molecule has 2 heterocycles. The maximum Gasteiger partial charge on any atom is 0.250 e. The van der Waals surface area contributed by atoms with E-state index in [-0.39, 0.29) is 12.6 Å². The molecule has 0 bridgehead atoms. The molecule has 7 heteroatoms. The number of rotatable bonds is 6. The van der Waals surface area contributed by atoms with E-state index >= 15 is 0 Å². The first kappa shape index (κ1) is 16.3. The summed E-state index contributed by atoms with van der Waals surface area (Å²) in [5, 5.41) is 1.74. The van der Waals surface area contributed by atoms with Crippen LogP contribution in [-0.4, -0.2) is 21.1 Å². The summed E-state index contributed by atoms with van der Waals surface area (Å²) in [5.41, 5.74) is 1.88. The van der Waals surface area contributed by atoms with E-state index in [1.165, 1.54) is 11.3 Å². The van der Waals surface area contributed by atoms with Gasteiger partial charge in [-0.2, -0.15) is 0 Å². The molecule has 1 atom stereocenters. The normalized spacial score (nSPS) is 16.9. The third-order valence-corrected chi connectivity index (χ3v) is 6.39. The standard InChI is InChI=1S/C16H19NO4S2/c1-3-20-14-8-12-7-11(2)21-15(12)9-13(14)10-17-23(18,19)16-5-4-6-22-16/h4-6,8-9,11,17H,3,7,10H2,1-2H3/t11-/m1/s1. The molecule has 0 fully saturated rings. The molecule has 0 aliphatic carbocycles. The zero-order valence-electron chi connectivity index (χ0n) is 13.0. The number of ether oxygens (including phenoxy) is 2. The third-order valence-electron chi connectivity index (χ3n) is 3.59. The van der Waals surface area contributed by atoms with E-state index in [1.807, 2.05) is 26.0 Å². The minimum absolute atomic E-state index is 0.137. The average molecular weight is 353 g/mol. The topological polar surface area (TPSA) is 64.6 Å². The van der Waals surface area contributed by atoms with Gasteiger partial charge >= 0.3 is 0 Å². The number of thiophene rings is 1. The minimum Gasteiger partial charge on any atom is -0.494 e. The molecule has 23 heavy (non-hydrogen) atoms. The highest BCUT2D eigenvalue weighted by molar-refractivity contribution is 7.91. The summed E-state index contributed by atoms with van der Waals surface area (Å²) in [6.45, 7) is 4.62. The van der Waals surface area contributed by atoms with Crippen molar-refractivity contribution in [2.75, 3.05) is 6.61 Å². The Morgan fingerprint density at radius 3 is 2.96 bits per heavy atom. The minimum atomic E-state index is -3.50. The van der Waals surface area contributed by atoms with Crippen molar-refractivity contribution in [1.29, 1.82) is 0 Å². The van der Waals surface area contributed by atoms with Crippen LogP contribution in [0, 0.1) is 0 Å². The van der Waals surface area contributed by atoms with E-state index in [1.54, 1.807) is 17.5 Å². The van der Waals surface area contributed by atoms with Gasteiger partial charge in [0.1, 0.15) is 21.8 Å². The zero-order chi connectivity index (χ0) is 16.4. The molecule has 1 aliphatic heterocycles. The number of nitrogens with one attached hydrogen (secondary N) is 1. The summed E-state index contributed by atoms with van der Waals surface area (Å²) in [7, 11) is -3.50. The Balaban J connectivity index is 1.83. The average Bonchev–Trinajstić information content (AvgIpc) is 3.13. The summed E-state index contributed by atoms with van der Waals surface area (Å²) in [6.07, 6.45) is 0.980. The number of benzene rings is 1. The molecule has 124 valence electrons. The smallest absolute Gasteiger partial charge is 0.250 e. The molecule has 0 saturated carbocycles. The van der Waals surface area contributed by atoms with Crippen molar-refractivity contribution in [1.82, 2.24) is 4.72 Å². The fraction of sp³-hybridized carbons (Fsp3) is 0.375. The van der Waals surface area contributed by atoms with Gasteiger partial charge in [0, 0.05) is 24.1 Å². The van der Waals surface area contributed by atoms with Crippen LogP contribution in [0.25, 0.3) is 0 Å². The maximum atomic E-state index is 12.2. The zero-order valence-corrected chi connectivity index (χ0v) is 14.7. The second-order valence-corrected chi connectivity index (χ2v) is 8.33. The van der Waals surface area contributed by atoms with Crippen LogP contribution in [0.15, 0.2) is 33.9 Å². The lowest BCUT2D eigenvalue weighted by atomic mass is 10.1. The van der Waals surface area contributed by atoms with E-state index in [2.05, 4.69) is 4.72 Å². The van der Waals surface area contributed by atoms with E-state index in [9.17, 15) is 8.42 Å². The van der Waals surface area contributed by atoms with Crippen molar-refractivity contribution >= 4 is 21.4 Å². The summed E-state index contributed by atoms with van der Waals surface area (Å²) in [4.78, 5) is 0. The van der Waals surface area contributed by atoms with Gasteiger partial charge in [-0.05, 0) is 37.4 Å². The van der Waals surface area contributed by atoms with E-state index in [0.717, 1.165) is 23.3 Å². The molecule has 1 aromatic heterocycles. The van der Waals surface area contributed by atoms with Gasteiger partial charge < -0.3 is 9.47 Å². The van der Waals surface area contributed by atoms with Gasteiger partial charge in [0.15, 0.2) is 0 Å². The molecule has 0 unspecified atom stereocenters. The summed E-state index contributed by atoms with van der Waals surface area (Å²) in [5.74, 6) is 1.52. The fourth-order valence-corrected chi connectivity index (χ4v) is 4.61. The Bertz CT molecular complexity index is 785. The van der Waals surface area contributed by atoms with Crippen LogP contribution in [-0.2, 0) is 23.0 Å². The van der Waals surface area contributed by atoms with Crippen molar-refractivity contribution in [3.8, 4) is 11.5 Å². The molecule has 1 aliphatic rings. The lowest BCUT2D eigenvalue weighted by Gasteiger charge is -2.13. The van der Waals surface area contributed by atoms with E-state index in [0.29, 0.717) is 16.6 Å². The van der Waals surface area contributed by atoms with Crippen molar-refractivity contribution in [3.63, 3.8) is 0 Å². The van der Waals surface area contributed by atoms with Crippen LogP contribution in [0.2, 0.25) is 0 Å². The molecule has 0 saturated heterocycles. The Morgan fingerprint density at radius 2 is 2.26 bits per heavy atom. The second-order valence-electron chi connectivity index (χ2n) is 5.39. The first-order valence-corrected chi connectivity index (χ1v) is 9.84. The lowest BCUT2D eigenvalue weighted by molar-refractivity contribution is 0.254. The quantitative estimate of drug-likeness (QED) is 0.867. The Hall–Kier alpha value is -1.57. The van der Waals surface area contributed by atoms with Crippen LogP contribution in [0.4, 0.5) is 0 Å². The number of hydrogen-bond acceptors (Lipinski definition) is 5. The fourth-order valence-electron chi connectivity index (χ4n) is 2.57. The van der Waals surface area contributed by atoms with Crippen molar-refractivity contribution in [3.05, 3.63) is 40.8 Å². The maximum absolute atomic E-state index is 12.2. The predicted molar refractivity (Wildman–Crippen MR) is 89.7 cm³/mol. The molecule has 5 nitrogen and oxygen atoms in total. The lowest BCUT2D eigenvalue weighted by Crippen LogP contribution is -2.22. The Morgan fingerprint density at radius 1 is 1.43 bits per heavy atom. The molecule has 1 aromatic carbocycles. The van der Waals surface area contributed by atoms with Gasteiger partial charge in [-0.25, -0.2) is 13.1 Å². The number of hydrogen-bond donors (Lipinski definition) is 1. The molecule has 3 rings (SSSR count). The Labute approximate surface area is 140 Å². The highest BCUT2D eigenvalue weighted by atomic mass is 32.2. The second kappa shape index (κ2) is 6.51. The van der Waals surface area contributed by atoms with Crippen LogP contribution >= 0.6 is 11.3 Å². The van der Waals surface area contributed by atoms with Crippen molar-refractivity contribution in [2.45, 2.75) is 37.1 Å². The van der Waals surface area contributed by atoms with Gasteiger partial charge in [0.2, 0.25) is 10.0 Å². The molecule has 2 aromatic rings. The first-order chi connectivity index (χ1) is 11.0. The molecule has 0 amide bonds. The largest absolute Gasteiger partial charge is 0.494 e. The van der Waals surface area contributed by atoms with Crippen LogP contribution < -0.4 is 14.2 Å². The van der Waals surface area contributed by atoms with Gasteiger partial charge in [0.05, 0.1) is 6.61 Å². The van der Waals surface area contributed by atoms with Crippen molar-refractivity contribution in [2.24, 2.45) is 0 Å². The van der Waals surface area contributed by atoms with Gasteiger partial charge in [-0.15, -0.1) is 11.3 Å². The summed E-state index contributed by atoms with van der Waals surface area (Å²) >= 11 is 1.19. The molecular formula is C16H19NO4S2. The monoisotopic (exact) mass is 353 g/mol. The predicted octanol–water partition coefficient (Wildman–Crippen LogP) is 2.95. The molecule has 1 N–H and O–H groups in total. The molecule has 0 radical (unpaired) electrons. The van der Waals surface area contributed by atoms with Gasteiger partial charge in [0.25, 0.3) is 0 Å². The van der Waals surface area contributed by atoms with Crippen LogP contribution in [0.5, 0.6) is 11.5 Å². The highest BCUT2D eigenvalue weighted by Crippen LogP contribution is 2.35. The highest BCUT2D eigenvalue weighted by Gasteiger charge is 2.23. The van der Waals surface area contributed by atoms with Gasteiger partial charge in [-0.1, -0.05) is 6.07 Å². The van der Waals surface area contributed by atoms with E-state index in [4.69, 9.17) is 9.47 Å². The summed E-state index contributed by atoms with van der Waals surface area (Å²) < 4.78 is 38.9. The molecule has 0 spiro atoms. The van der Waals surface area contributed by atoms with Gasteiger partial charge in [-0.3, -0.25) is 0 Å². The van der Waals surface area contributed by atoms with Crippen molar-refractivity contribution < 1.29 is 17.9 Å². The molecular weight excluding hydrogens is 334 g/mol. The summed E-state index contributed by atoms with van der Waals surface area (Å²) in [6, 6.07) is 7.14. The SMILES string of the molecule is CCOc1cc2c(cc1CNS(=O)(=O)c1cccs1)O[C@H](C)C2. The van der Waals surface area contributed by atoms with Crippen LogP contribution in [0.1, 0.15) is 25.0 Å². The van der Waals surface area contributed by atoms with Crippen LogP contribution in [0.3, 0.4) is 0 Å². The third kappa shape index (κ3) is 3.52. The number of sulfonamides is 1. The number of fused-ring (bicyclic) bond motifs is 1. The van der Waals surface area contributed by atoms with E-state index < -0.39 is 10.0 Å².